The molecule has 0 aromatic carbocycles. The number of furan rings is 2. The van der Waals surface area contributed by atoms with E-state index in [4.69, 9.17) is 13.3 Å². The fourth-order valence-electron chi connectivity index (χ4n) is 2.26. The Hall–Kier alpha value is -2.50. The Kier molecular flexibility index (Phi) is 4.74. The second-order valence-corrected chi connectivity index (χ2v) is 6.07. The predicted molar refractivity (Wildman–Crippen MR) is 90.2 cm³/mol. The maximum absolute atomic E-state index is 9.26. The van der Waals surface area contributed by atoms with E-state index in [1.807, 2.05) is 37.2 Å². The van der Waals surface area contributed by atoms with E-state index in [0.717, 1.165) is 5.76 Å². The van der Waals surface area contributed by atoms with Gasteiger partial charge in [0.15, 0.2) is 10.4 Å². The first-order valence-corrected chi connectivity index (χ1v) is 7.98. The fourth-order valence-corrected chi connectivity index (χ4v) is 2.56. The molecule has 24 heavy (non-hydrogen) atoms. The highest BCUT2D eigenvalue weighted by molar-refractivity contribution is 9.10. The van der Waals surface area contributed by atoms with Gasteiger partial charge in [-0.05, 0) is 54.3 Å². The van der Waals surface area contributed by atoms with Crippen LogP contribution >= 0.6 is 15.9 Å². The van der Waals surface area contributed by atoms with Gasteiger partial charge in [0.1, 0.15) is 11.8 Å². The van der Waals surface area contributed by atoms with Gasteiger partial charge in [-0.3, -0.25) is 4.90 Å². The molecule has 3 rings (SSSR count). The van der Waals surface area contributed by atoms with Crippen molar-refractivity contribution in [2.75, 3.05) is 26.0 Å². The summed E-state index contributed by atoms with van der Waals surface area (Å²) in [7, 11) is 3.90. The normalized spacial score (nSPS) is 12.3. The minimum Gasteiger partial charge on any atom is -0.468 e. The van der Waals surface area contributed by atoms with E-state index in [1.54, 1.807) is 18.4 Å². The lowest BCUT2D eigenvalue weighted by atomic mass is 10.2. The monoisotopic (exact) mass is 390 g/mol. The largest absolute Gasteiger partial charge is 0.468 e. The summed E-state index contributed by atoms with van der Waals surface area (Å²) < 4.78 is 17.1. The van der Waals surface area contributed by atoms with Gasteiger partial charge >= 0.3 is 0 Å². The predicted octanol–water partition coefficient (Wildman–Crippen LogP) is 3.88. The third-order valence-electron chi connectivity index (χ3n) is 3.47. The molecule has 0 aliphatic heterocycles. The molecule has 3 aromatic heterocycles. The van der Waals surface area contributed by atoms with Crippen LogP contribution in [0.25, 0.3) is 11.7 Å². The lowest BCUT2D eigenvalue weighted by molar-refractivity contribution is 0.268. The van der Waals surface area contributed by atoms with E-state index >= 15 is 0 Å². The first kappa shape index (κ1) is 16.4. The summed E-state index contributed by atoms with van der Waals surface area (Å²) in [6, 6.07) is 9.20. The zero-order chi connectivity index (χ0) is 17.1. The van der Waals surface area contributed by atoms with Crippen molar-refractivity contribution >= 4 is 21.8 Å². The van der Waals surface area contributed by atoms with Crippen LogP contribution in [0.15, 0.2) is 48.4 Å². The molecule has 3 heterocycles. The number of aromatic nitrogens is 1. The second kappa shape index (κ2) is 6.95. The molecule has 3 aromatic rings. The molecule has 1 N–H and O–H groups in total. The van der Waals surface area contributed by atoms with Crippen molar-refractivity contribution in [3.05, 3.63) is 46.7 Å². The third kappa shape index (κ3) is 3.37. The highest BCUT2D eigenvalue weighted by Gasteiger charge is 2.21. The minimum absolute atomic E-state index is 0.0159. The van der Waals surface area contributed by atoms with Crippen LogP contribution in [0.5, 0.6) is 0 Å². The molecule has 0 saturated heterocycles. The summed E-state index contributed by atoms with van der Waals surface area (Å²) >= 11 is 3.23. The Bertz CT molecular complexity index is 845. The highest BCUT2D eigenvalue weighted by Crippen LogP contribution is 2.29. The molecular weight excluding hydrogens is 376 g/mol. The molecule has 1 unspecified atom stereocenters. The Morgan fingerprint density at radius 3 is 2.75 bits per heavy atom. The number of hydrogen-bond donors (Lipinski definition) is 1. The average molecular weight is 391 g/mol. The van der Waals surface area contributed by atoms with E-state index in [2.05, 4.69) is 26.2 Å². The number of hydrogen-bond acceptors (Lipinski definition) is 7. The zero-order valence-corrected chi connectivity index (χ0v) is 14.7. The second-order valence-electron chi connectivity index (χ2n) is 5.29. The summed E-state index contributed by atoms with van der Waals surface area (Å²) in [5, 5.41) is 12.4. The maximum Gasteiger partial charge on any atom is 0.266 e. The molecule has 0 fully saturated rings. The van der Waals surface area contributed by atoms with Crippen molar-refractivity contribution in [1.82, 2.24) is 9.88 Å². The van der Waals surface area contributed by atoms with Crippen LogP contribution in [0, 0.1) is 11.3 Å². The molecule has 0 amide bonds. The smallest absolute Gasteiger partial charge is 0.266 e. The number of nitrogens with zero attached hydrogens (tertiary/aromatic N) is 3. The van der Waals surface area contributed by atoms with Crippen LogP contribution in [-0.4, -0.2) is 30.5 Å². The Balaban J connectivity index is 1.79. The maximum atomic E-state index is 9.26. The van der Waals surface area contributed by atoms with Gasteiger partial charge in [0, 0.05) is 6.54 Å². The van der Waals surface area contributed by atoms with Crippen molar-refractivity contribution in [3.8, 4) is 17.7 Å². The quantitative estimate of drug-likeness (QED) is 0.682. The number of oxazole rings is 1. The molecule has 8 heteroatoms. The Morgan fingerprint density at radius 2 is 2.17 bits per heavy atom. The summed E-state index contributed by atoms with van der Waals surface area (Å²) in [4.78, 5) is 6.17. The topological polar surface area (TPSA) is 91.4 Å². The third-order valence-corrected chi connectivity index (χ3v) is 3.89. The lowest BCUT2D eigenvalue weighted by Gasteiger charge is -2.22. The lowest BCUT2D eigenvalue weighted by Crippen LogP contribution is -2.26. The van der Waals surface area contributed by atoms with Gasteiger partial charge < -0.3 is 18.6 Å². The number of nitrogens with one attached hydrogen (secondary N) is 1. The number of halogens is 1. The zero-order valence-electron chi connectivity index (χ0n) is 13.1. The van der Waals surface area contributed by atoms with Crippen LogP contribution in [0.3, 0.4) is 0 Å². The molecule has 0 aliphatic carbocycles. The van der Waals surface area contributed by atoms with Crippen molar-refractivity contribution in [2.24, 2.45) is 0 Å². The van der Waals surface area contributed by atoms with Crippen LogP contribution < -0.4 is 5.32 Å². The Morgan fingerprint density at radius 1 is 1.33 bits per heavy atom. The van der Waals surface area contributed by atoms with Crippen molar-refractivity contribution < 1.29 is 13.3 Å². The van der Waals surface area contributed by atoms with Crippen LogP contribution in [0.1, 0.15) is 17.5 Å². The van der Waals surface area contributed by atoms with Gasteiger partial charge in [0.2, 0.25) is 11.6 Å². The van der Waals surface area contributed by atoms with E-state index in [0.29, 0.717) is 22.9 Å². The van der Waals surface area contributed by atoms with Crippen molar-refractivity contribution in [3.63, 3.8) is 0 Å². The SMILES string of the molecule is CN(C)C(CNc1oc(-c2ccc(Br)o2)nc1C#N)c1ccco1. The number of likely N-dealkylation sites (N-methyl/N-ethyl adjacent to an activating group) is 1. The molecule has 7 nitrogen and oxygen atoms in total. The standard InChI is InChI=1S/C16H15BrN4O3/c1-21(2)11(12-4-3-7-22-12)9-19-15-10(8-18)20-16(24-15)13-5-6-14(17)23-13/h3-7,11,19H,9H2,1-2H3. The molecular formula is C16H15BrN4O3. The van der Waals surface area contributed by atoms with Crippen LogP contribution in [0.4, 0.5) is 5.88 Å². The summed E-state index contributed by atoms with van der Waals surface area (Å²) in [5.41, 5.74) is 0.175. The van der Waals surface area contributed by atoms with Crippen LogP contribution in [0.2, 0.25) is 0 Å². The van der Waals surface area contributed by atoms with Gasteiger partial charge in [0.05, 0.1) is 12.3 Å². The number of anilines is 1. The molecule has 124 valence electrons. The van der Waals surface area contributed by atoms with Gasteiger partial charge in [-0.15, -0.1) is 0 Å². The first-order chi connectivity index (χ1) is 11.6. The molecule has 0 spiro atoms. The van der Waals surface area contributed by atoms with E-state index in [-0.39, 0.29) is 17.6 Å². The number of rotatable bonds is 6. The van der Waals surface area contributed by atoms with Gasteiger partial charge in [-0.1, -0.05) is 0 Å². The molecule has 0 saturated carbocycles. The number of nitriles is 1. The van der Waals surface area contributed by atoms with E-state index < -0.39 is 0 Å². The molecule has 1 atom stereocenters. The highest BCUT2D eigenvalue weighted by atomic mass is 79.9. The first-order valence-electron chi connectivity index (χ1n) is 7.19. The molecule has 0 radical (unpaired) electrons. The summed E-state index contributed by atoms with van der Waals surface area (Å²) in [6.45, 7) is 0.492. The Labute approximate surface area is 147 Å². The summed E-state index contributed by atoms with van der Waals surface area (Å²) in [6.07, 6.45) is 1.63. The fraction of sp³-hybridized carbons (Fsp3) is 0.250. The van der Waals surface area contributed by atoms with E-state index in [1.165, 1.54) is 0 Å². The van der Waals surface area contributed by atoms with Gasteiger partial charge in [-0.25, -0.2) is 0 Å². The van der Waals surface area contributed by atoms with Crippen LogP contribution in [-0.2, 0) is 0 Å². The van der Waals surface area contributed by atoms with E-state index in [9.17, 15) is 5.26 Å². The van der Waals surface area contributed by atoms with Gasteiger partial charge in [0.25, 0.3) is 5.89 Å². The molecule has 0 bridgehead atoms. The summed E-state index contributed by atoms with van der Waals surface area (Å²) in [5.74, 6) is 1.82. The molecule has 0 aliphatic rings. The van der Waals surface area contributed by atoms with Crippen molar-refractivity contribution in [1.29, 1.82) is 5.26 Å². The average Bonchev–Trinajstić information content (AvgIpc) is 3.27. The minimum atomic E-state index is -0.0159. The van der Waals surface area contributed by atoms with Gasteiger partial charge in [-0.2, -0.15) is 10.2 Å². The van der Waals surface area contributed by atoms with Crippen molar-refractivity contribution in [2.45, 2.75) is 6.04 Å².